The first-order chi connectivity index (χ1) is 14.6. The number of aromatic nitrogens is 2. The summed E-state index contributed by atoms with van der Waals surface area (Å²) in [6, 6.07) is 17.1. The molecule has 0 radical (unpaired) electrons. The van der Waals surface area contributed by atoms with E-state index in [0.29, 0.717) is 0 Å². The number of allylic oxidation sites excluding steroid dienone is 1. The summed E-state index contributed by atoms with van der Waals surface area (Å²) in [6.07, 6.45) is 6.03. The van der Waals surface area contributed by atoms with Crippen molar-refractivity contribution >= 4 is 68.0 Å². The van der Waals surface area contributed by atoms with Crippen LogP contribution in [0.4, 0.5) is 0 Å². The monoisotopic (exact) mass is 505 g/mol. The van der Waals surface area contributed by atoms with E-state index in [1.54, 1.807) is 0 Å². The van der Waals surface area contributed by atoms with Crippen LogP contribution in [0, 0.1) is 6.92 Å². The fourth-order valence-electron chi connectivity index (χ4n) is 4.37. The number of furan rings is 1. The van der Waals surface area contributed by atoms with E-state index in [-0.39, 0.29) is 0 Å². The van der Waals surface area contributed by atoms with E-state index >= 15 is 0 Å². The minimum absolute atomic E-state index is 0.908. The lowest BCUT2D eigenvalue weighted by molar-refractivity contribution is -0.633. The third-order valence-electron chi connectivity index (χ3n) is 5.83. The fourth-order valence-corrected chi connectivity index (χ4v) is 5.34. The zero-order valence-corrected chi connectivity index (χ0v) is 19.4. The van der Waals surface area contributed by atoms with Crippen LogP contribution in [0.25, 0.3) is 56.5 Å². The van der Waals surface area contributed by atoms with Crippen LogP contribution in [0.15, 0.2) is 65.6 Å². The maximum absolute atomic E-state index is 6.62. The van der Waals surface area contributed by atoms with Gasteiger partial charge in [-0.3, -0.25) is 0 Å². The Balaban J connectivity index is 1.95. The Labute approximate surface area is 189 Å². The Morgan fingerprint density at radius 2 is 1.77 bits per heavy atom. The third-order valence-corrected chi connectivity index (χ3v) is 6.80. The predicted octanol–water partition coefficient (Wildman–Crippen LogP) is 7.21. The molecule has 0 aliphatic carbocycles. The predicted molar refractivity (Wildman–Crippen MR) is 135 cm³/mol. The average Bonchev–Trinajstić information content (AvgIpc) is 3.25. The Hall–Kier alpha value is -2.86. The molecule has 0 aliphatic rings. The zero-order chi connectivity index (χ0) is 21.0. The van der Waals surface area contributed by atoms with E-state index in [4.69, 9.17) is 4.42 Å². The molecule has 0 atom stereocenters. The Bertz CT molecular complexity index is 1460. The highest BCUT2D eigenvalue weighted by molar-refractivity contribution is 14.1. The summed E-state index contributed by atoms with van der Waals surface area (Å²) in [4.78, 5) is 0. The molecule has 0 bridgehead atoms. The molecule has 0 spiro atoms. The van der Waals surface area contributed by atoms with E-state index < -0.39 is 0 Å². The molecule has 0 N–H and O–H groups in total. The molecule has 0 aliphatic heterocycles. The summed E-state index contributed by atoms with van der Waals surface area (Å²) in [6.45, 7) is 8.16. The van der Waals surface area contributed by atoms with Gasteiger partial charge in [0, 0.05) is 16.3 Å². The molecule has 3 aromatic carbocycles. The number of rotatable bonds is 3. The van der Waals surface area contributed by atoms with Crippen molar-refractivity contribution in [2.75, 3.05) is 0 Å². The van der Waals surface area contributed by atoms with Gasteiger partial charge in [0.05, 0.1) is 7.05 Å². The molecule has 0 amide bonds. The van der Waals surface area contributed by atoms with Gasteiger partial charge >= 0.3 is 5.82 Å². The first kappa shape index (κ1) is 19.1. The summed E-state index contributed by atoms with van der Waals surface area (Å²) in [7, 11) is 2.12. The van der Waals surface area contributed by atoms with Gasteiger partial charge in [-0.1, -0.05) is 55.1 Å². The molecule has 3 nitrogen and oxygen atoms in total. The van der Waals surface area contributed by atoms with Crippen LogP contribution in [-0.4, -0.2) is 2.78 Å². The molecule has 30 heavy (non-hydrogen) atoms. The molecule has 5 rings (SSSR count). The molecule has 5 aromatic rings. The van der Waals surface area contributed by atoms with Crippen LogP contribution in [0.1, 0.15) is 23.6 Å². The maximum Gasteiger partial charge on any atom is 0.302 e. The van der Waals surface area contributed by atoms with Crippen LogP contribution < -0.4 is 4.57 Å². The van der Waals surface area contributed by atoms with Crippen molar-refractivity contribution in [3.05, 3.63) is 77.9 Å². The van der Waals surface area contributed by atoms with Gasteiger partial charge < -0.3 is 4.42 Å². The summed E-state index contributed by atoms with van der Waals surface area (Å²) >= 11 is 2.39. The molecule has 2 aromatic heterocycles. The Kier molecular flexibility index (Phi) is 4.54. The van der Waals surface area contributed by atoms with Crippen LogP contribution >= 0.6 is 22.9 Å². The Morgan fingerprint density at radius 3 is 2.50 bits per heavy atom. The number of benzene rings is 3. The van der Waals surface area contributed by atoms with Crippen molar-refractivity contribution in [2.24, 2.45) is 7.05 Å². The summed E-state index contributed by atoms with van der Waals surface area (Å²) in [5.41, 5.74) is 8.68. The molecule has 0 saturated carbocycles. The molecule has 148 valence electrons. The van der Waals surface area contributed by atoms with E-state index in [1.807, 2.05) is 19.1 Å². The maximum atomic E-state index is 6.62. The molecule has 0 saturated heterocycles. The van der Waals surface area contributed by atoms with Gasteiger partial charge in [0.2, 0.25) is 22.9 Å². The van der Waals surface area contributed by atoms with Crippen LogP contribution in [0.5, 0.6) is 0 Å². The lowest BCUT2D eigenvalue weighted by Gasteiger charge is -2.04. The minimum atomic E-state index is 0.908. The summed E-state index contributed by atoms with van der Waals surface area (Å²) in [5, 5.41) is 2.26. The second-order valence-corrected chi connectivity index (χ2v) is 8.50. The average molecular weight is 505 g/mol. The second-order valence-electron chi connectivity index (χ2n) is 7.54. The lowest BCUT2D eigenvalue weighted by atomic mass is 10.00. The van der Waals surface area contributed by atoms with Gasteiger partial charge in [-0.15, -0.1) is 0 Å². The van der Waals surface area contributed by atoms with Crippen molar-refractivity contribution in [3.63, 3.8) is 0 Å². The molecular weight excluding hydrogens is 483 g/mol. The SMILES string of the molecule is C=Cc1ccc2c(oc3c(-c4n(I)c5ccccc5[n+]4C)c(C)ccc32)c1/C=C\C. The van der Waals surface area contributed by atoms with Crippen molar-refractivity contribution in [1.82, 2.24) is 2.78 Å². The number of hydrogen-bond donors (Lipinski definition) is 0. The van der Waals surface area contributed by atoms with E-state index in [9.17, 15) is 0 Å². The number of nitrogens with zero attached hydrogens (tertiary/aromatic N) is 2. The lowest BCUT2D eigenvalue weighted by Crippen LogP contribution is -2.29. The number of hydrogen-bond acceptors (Lipinski definition) is 1. The van der Waals surface area contributed by atoms with Gasteiger partial charge in [-0.2, -0.15) is 2.78 Å². The number of imidazole rings is 1. The third kappa shape index (κ3) is 2.59. The van der Waals surface area contributed by atoms with Crippen molar-refractivity contribution < 1.29 is 8.98 Å². The van der Waals surface area contributed by atoms with E-state index in [2.05, 4.69) is 105 Å². The highest BCUT2D eigenvalue weighted by Crippen LogP contribution is 2.40. The second kappa shape index (κ2) is 7.13. The minimum Gasteiger partial charge on any atom is -0.454 e. The van der Waals surface area contributed by atoms with Crippen molar-refractivity contribution in [3.8, 4) is 11.4 Å². The summed E-state index contributed by atoms with van der Waals surface area (Å²) < 4.78 is 11.1. The van der Waals surface area contributed by atoms with Crippen LogP contribution in [-0.2, 0) is 7.05 Å². The first-order valence-electron chi connectivity index (χ1n) is 9.96. The molecular formula is C26H22IN2O+. The normalized spacial score (nSPS) is 12.0. The Morgan fingerprint density at radius 1 is 1.03 bits per heavy atom. The largest absolute Gasteiger partial charge is 0.454 e. The quantitative estimate of drug-likeness (QED) is 0.188. The van der Waals surface area contributed by atoms with Gasteiger partial charge in [-0.05, 0) is 43.2 Å². The number of para-hydroxylation sites is 2. The van der Waals surface area contributed by atoms with Gasteiger partial charge in [0.25, 0.3) is 0 Å². The van der Waals surface area contributed by atoms with Gasteiger partial charge in [-0.25, -0.2) is 4.57 Å². The highest BCUT2D eigenvalue weighted by atomic mass is 127. The summed E-state index contributed by atoms with van der Waals surface area (Å²) in [5.74, 6) is 1.12. The standard InChI is InChI=1S/C26H22IN2O/c1-5-9-18-17(6-2)13-15-19-20-14-12-16(3)23(25(20)30-24(18)19)26-28(4)21-10-7-8-11-22(21)29(26)27/h5-15H,2H2,1,3-4H3/q+1/b9-5-. The molecule has 0 unspecified atom stereocenters. The number of aryl methyl sites for hydroxylation is 2. The van der Waals surface area contributed by atoms with Crippen molar-refractivity contribution in [2.45, 2.75) is 13.8 Å². The van der Waals surface area contributed by atoms with E-state index in [1.165, 1.54) is 16.6 Å². The smallest absolute Gasteiger partial charge is 0.302 e. The van der Waals surface area contributed by atoms with E-state index in [0.717, 1.165) is 44.5 Å². The van der Waals surface area contributed by atoms with Crippen LogP contribution in [0.3, 0.4) is 0 Å². The molecule has 2 heterocycles. The topological polar surface area (TPSA) is 21.9 Å². The highest BCUT2D eigenvalue weighted by Gasteiger charge is 2.28. The molecule has 4 heteroatoms. The number of halogens is 1. The van der Waals surface area contributed by atoms with Gasteiger partial charge in [0.15, 0.2) is 16.6 Å². The number of fused-ring (bicyclic) bond motifs is 4. The zero-order valence-electron chi connectivity index (χ0n) is 17.2. The first-order valence-corrected chi connectivity index (χ1v) is 10.9. The fraction of sp³-hybridized carbons (Fsp3) is 0.115. The van der Waals surface area contributed by atoms with Gasteiger partial charge in [0.1, 0.15) is 11.1 Å². The van der Waals surface area contributed by atoms with Crippen molar-refractivity contribution in [1.29, 1.82) is 0 Å². The van der Waals surface area contributed by atoms with Crippen LogP contribution in [0.2, 0.25) is 0 Å². The molecule has 0 fully saturated rings.